The van der Waals surface area contributed by atoms with E-state index >= 15 is 0 Å². The summed E-state index contributed by atoms with van der Waals surface area (Å²) in [6.07, 6.45) is 3.13. The molecule has 17 heavy (non-hydrogen) atoms. The Morgan fingerprint density at radius 2 is 2.24 bits per heavy atom. The van der Waals surface area contributed by atoms with Crippen molar-refractivity contribution in [3.63, 3.8) is 0 Å². The van der Waals surface area contributed by atoms with Crippen LogP contribution in [0.25, 0.3) is 0 Å². The Labute approximate surface area is 101 Å². The number of nitriles is 1. The maximum Gasteiger partial charge on any atom is 0.0992 e. The molecular weight excluding hydrogens is 214 g/mol. The fraction of sp³-hybridized carbons (Fsp3) is 0.462. The molecule has 4 heteroatoms. The van der Waals surface area contributed by atoms with E-state index in [0.717, 1.165) is 31.5 Å². The number of benzene rings is 1. The maximum atomic E-state index is 8.98. The van der Waals surface area contributed by atoms with Crippen LogP contribution >= 0.6 is 0 Å². The summed E-state index contributed by atoms with van der Waals surface area (Å²) in [7, 11) is 0. The Bertz CT molecular complexity index is 446. The number of nitrogen functional groups attached to an aromatic ring is 1. The highest BCUT2D eigenvalue weighted by Gasteiger charge is 2.41. The first kappa shape index (κ1) is 11.7. The number of rotatable bonds is 5. The number of nitrogens with one attached hydrogen (secondary N) is 1. The van der Waals surface area contributed by atoms with Crippen LogP contribution in [0.15, 0.2) is 18.2 Å². The van der Waals surface area contributed by atoms with Gasteiger partial charge in [0, 0.05) is 13.2 Å². The molecule has 0 unspecified atom stereocenters. The molecule has 4 N–H and O–H groups in total. The van der Waals surface area contributed by atoms with Gasteiger partial charge in [0.05, 0.1) is 23.0 Å². The Morgan fingerprint density at radius 1 is 1.47 bits per heavy atom. The van der Waals surface area contributed by atoms with Crippen LogP contribution in [0.4, 0.5) is 11.4 Å². The van der Waals surface area contributed by atoms with Gasteiger partial charge in [0.15, 0.2) is 0 Å². The van der Waals surface area contributed by atoms with E-state index in [1.165, 1.54) is 0 Å². The highest BCUT2D eigenvalue weighted by atomic mass is 16.3. The Kier molecular flexibility index (Phi) is 3.21. The highest BCUT2D eigenvalue weighted by Crippen LogP contribution is 2.48. The number of hydrogen-bond acceptors (Lipinski definition) is 4. The standard InChI is InChI=1S/C13H17N3O/c14-8-10-1-2-11(15)12(7-10)16-9-13(3-4-13)5-6-17/h1-2,7,16-17H,3-6,9,15H2. The quantitative estimate of drug-likeness (QED) is 0.674. The smallest absolute Gasteiger partial charge is 0.0992 e. The number of nitrogens with zero attached hydrogens (tertiary/aromatic N) is 1. The third-order valence-corrected chi connectivity index (χ3v) is 3.44. The van der Waals surface area contributed by atoms with Gasteiger partial charge in [-0.15, -0.1) is 0 Å². The number of hydrogen-bond donors (Lipinski definition) is 3. The average molecular weight is 231 g/mol. The minimum atomic E-state index is 0.232. The molecule has 0 saturated heterocycles. The molecule has 1 aromatic rings. The summed E-state index contributed by atoms with van der Waals surface area (Å²) in [4.78, 5) is 0. The molecule has 0 aromatic heterocycles. The van der Waals surface area contributed by atoms with Crippen molar-refractivity contribution < 1.29 is 5.11 Å². The lowest BCUT2D eigenvalue weighted by molar-refractivity contribution is 0.253. The first-order valence-electron chi connectivity index (χ1n) is 5.83. The Hall–Kier alpha value is -1.73. The topological polar surface area (TPSA) is 82.1 Å². The number of nitrogens with two attached hydrogens (primary N) is 1. The van der Waals surface area contributed by atoms with Crippen molar-refractivity contribution >= 4 is 11.4 Å². The molecule has 0 amide bonds. The second kappa shape index (κ2) is 4.64. The molecule has 0 spiro atoms. The van der Waals surface area contributed by atoms with Gasteiger partial charge in [-0.05, 0) is 42.9 Å². The van der Waals surface area contributed by atoms with Crippen molar-refractivity contribution in [1.82, 2.24) is 0 Å². The zero-order valence-electron chi connectivity index (χ0n) is 9.74. The van der Waals surface area contributed by atoms with E-state index in [9.17, 15) is 0 Å². The Morgan fingerprint density at radius 3 is 2.82 bits per heavy atom. The summed E-state index contributed by atoms with van der Waals surface area (Å²) in [5.41, 5.74) is 8.16. The fourth-order valence-corrected chi connectivity index (χ4v) is 1.99. The van der Waals surface area contributed by atoms with E-state index in [-0.39, 0.29) is 12.0 Å². The monoisotopic (exact) mass is 231 g/mol. The van der Waals surface area contributed by atoms with Crippen molar-refractivity contribution in [2.24, 2.45) is 5.41 Å². The zero-order valence-corrected chi connectivity index (χ0v) is 9.74. The molecule has 1 aromatic carbocycles. The van der Waals surface area contributed by atoms with Gasteiger partial charge in [0.25, 0.3) is 0 Å². The van der Waals surface area contributed by atoms with E-state index < -0.39 is 0 Å². The third kappa shape index (κ3) is 2.69. The van der Waals surface area contributed by atoms with E-state index in [1.54, 1.807) is 18.2 Å². The molecule has 1 fully saturated rings. The predicted octanol–water partition coefficient (Wildman–Crippen LogP) is 1.71. The summed E-state index contributed by atoms with van der Waals surface area (Å²) in [6.45, 7) is 1.04. The summed E-state index contributed by atoms with van der Waals surface area (Å²) >= 11 is 0. The van der Waals surface area contributed by atoms with Gasteiger partial charge < -0.3 is 16.2 Å². The van der Waals surface area contributed by atoms with Gasteiger partial charge in [-0.3, -0.25) is 0 Å². The normalized spacial score (nSPS) is 16.2. The van der Waals surface area contributed by atoms with Gasteiger partial charge in [0.1, 0.15) is 0 Å². The van der Waals surface area contributed by atoms with Crippen molar-refractivity contribution in [2.45, 2.75) is 19.3 Å². The van der Waals surface area contributed by atoms with E-state index in [4.69, 9.17) is 16.1 Å². The third-order valence-electron chi connectivity index (χ3n) is 3.44. The summed E-state index contributed by atoms with van der Waals surface area (Å²) in [5, 5.41) is 21.1. The molecule has 90 valence electrons. The molecule has 1 aliphatic carbocycles. The molecule has 0 heterocycles. The van der Waals surface area contributed by atoms with E-state index in [1.807, 2.05) is 0 Å². The summed E-state index contributed by atoms with van der Waals surface area (Å²) in [5.74, 6) is 0. The van der Waals surface area contributed by atoms with E-state index in [2.05, 4.69) is 11.4 Å². The van der Waals surface area contributed by atoms with Gasteiger partial charge in [0.2, 0.25) is 0 Å². The molecule has 0 atom stereocenters. The minimum absolute atomic E-state index is 0.232. The molecule has 0 aliphatic heterocycles. The van der Waals surface area contributed by atoms with Crippen LogP contribution < -0.4 is 11.1 Å². The van der Waals surface area contributed by atoms with Gasteiger partial charge in [-0.25, -0.2) is 0 Å². The summed E-state index contributed by atoms with van der Waals surface area (Å²) in [6, 6.07) is 7.32. The molecular formula is C13H17N3O. The second-order valence-electron chi connectivity index (χ2n) is 4.74. The Balaban J connectivity index is 2.02. The molecule has 1 saturated carbocycles. The average Bonchev–Trinajstić information content (AvgIpc) is 3.09. The molecule has 2 rings (SSSR count). The SMILES string of the molecule is N#Cc1ccc(N)c(NCC2(CCO)CC2)c1. The number of aliphatic hydroxyl groups excluding tert-OH is 1. The van der Waals surface area contributed by atoms with Crippen LogP contribution in [0, 0.1) is 16.7 Å². The molecule has 4 nitrogen and oxygen atoms in total. The second-order valence-corrected chi connectivity index (χ2v) is 4.74. The van der Waals surface area contributed by atoms with Crippen LogP contribution in [0.3, 0.4) is 0 Å². The lowest BCUT2D eigenvalue weighted by Gasteiger charge is -2.16. The van der Waals surface area contributed by atoms with E-state index in [0.29, 0.717) is 11.3 Å². The van der Waals surface area contributed by atoms with Gasteiger partial charge in [-0.1, -0.05) is 0 Å². The first-order chi connectivity index (χ1) is 8.19. The first-order valence-corrected chi connectivity index (χ1v) is 5.83. The lowest BCUT2D eigenvalue weighted by atomic mass is 10.0. The zero-order chi connectivity index (χ0) is 12.3. The van der Waals surface area contributed by atoms with Gasteiger partial charge >= 0.3 is 0 Å². The van der Waals surface area contributed by atoms with Crippen LogP contribution in [-0.4, -0.2) is 18.3 Å². The van der Waals surface area contributed by atoms with Crippen LogP contribution in [0.1, 0.15) is 24.8 Å². The number of anilines is 2. The minimum Gasteiger partial charge on any atom is -0.397 e. The lowest BCUT2D eigenvalue weighted by Crippen LogP contribution is -2.17. The number of aliphatic hydroxyl groups is 1. The maximum absolute atomic E-state index is 8.98. The fourth-order valence-electron chi connectivity index (χ4n) is 1.99. The van der Waals surface area contributed by atoms with Crippen LogP contribution in [-0.2, 0) is 0 Å². The summed E-state index contributed by atoms with van der Waals surface area (Å²) < 4.78 is 0. The van der Waals surface area contributed by atoms with Crippen LogP contribution in [0.5, 0.6) is 0 Å². The highest BCUT2D eigenvalue weighted by molar-refractivity contribution is 5.68. The largest absolute Gasteiger partial charge is 0.397 e. The van der Waals surface area contributed by atoms with Crippen molar-refractivity contribution in [3.8, 4) is 6.07 Å². The molecule has 1 aliphatic rings. The van der Waals surface area contributed by atoms with Crippen LogP contribution in [0.2, 0.25) is 0 Å². The van der Waals surface area contributed by atoms with Crippen molar-refractivity contribution in [3.05, 3.63) is 23.8 Å². The van der Waals surface area contributed by atoms with Gasteiger partial charge in [-0.2, -0.15) is 5.26 Å². The van der Waals surface area contributed by atoms with Crippen molar-refractivity contribution in [1.29, 1.82) is 5.26 Å². The molecule has 0 bridgehead atoms. The predicted molar refractivity (Wildman–Crippen MR) is 67.4 cm³/mol. The van der Waals surface area contributed by atoms with Crippen molar-refractivity contribution in [2.75, 3.05) is 24.2 Å². The molecule has 0 radical (unpaired) electrons.